The van der Waals surface area contributed by atoms with E-state index in [4.69, 9.17) is 34.8 Å². The second-order valence-electron chi connectivity index (χ2n) is 5.15. The Morgan fingerprint density at radius 3 is 1.36 bits per heavy atom. The Bertz CT molecular complexity index is 882. The van der Waals surface area contributed by atoms with Gasteiger partial charge in [-0.05, 0) is 0 Å². The molecule has 0 saturated carbocycles. The Hall–Kier alpha value is -2.20. The van der Waals surface area contributed by atoms with Gasteiger partial charge in [0.05, 0.1) is 16.1 Å². The fourth-order valence-electron chi connectivity index (χ4n) is 2.36. The van der Waals surface area contributed by atoms with Crippen LogP contribution in [0.2, 0.25) is 15.3 Å². The average molecular weight is 391 g/mol. The predicted molar refractivity (Wildman–Crippen MR) is 99.0 cm³/mol. The third kappa shape index (κ3) is 3.45. The Morgan fingerprint density at radius 2 is 1.00 bits per heavy atom. The number of hydrogen-bond donors (Lipinski definition) is 0. The summed E-state index contributed by atoms with van der Waals surface area (Å²) in [4.78, 5) is 29.4. The van der Waals surface area contributed by atoms with Crippen LogP contribution in [0.5, 0.6) is 0 Å². The van der Waals surface area contributed by atoms with Crippen LogP contribution in [0.15, 0.2) is 60.7 Å². The number of hydrogen-bond acceptors (Lipinski definition) is 3. The highest BCUT2D eigenvalue weighted by Gasteiger charge is 2.27. The molecule has 2 aromatic carbocycles. The van der Waals surface area contributed by atoms with Gasteiger partial charge >= 0.3 is 0 Å². The molecule has 1 aromatic heterocycles. The fraction of sp³-hybridized carbons (Fsp3) is 0. The van der Waals surface area contributed by atoms with Crippen LogP contribution in [0.4, 0.5) is 0 Å². The summed E-state index contributed by atoms with van der Waals surface area (Å²) in [6.45, 7) is 0. The molecule has 0 aliphatic carbocycles. The molecular weight excluding hydrogens is 381 g/mol. The summed E-state index contributed by atoms with van der Waals surface area (Å²) < 4.78 is 0. The molecule has 1 heterocycles. The van der Waals surface area contributed by atoms with Crippen molar-refractivity contribution in [3.05, 3.63) is 98.2 Å². The Kier molecular flexibility index (Phi) is 5.19. The number of halogens is 3. The van der Waals surface area contributed by atoms with E-state index in [0.29, 0.717) is 11.1 Å². The van der Waals surface area contributed by atoms with Gasteiger partial charge in [0.1, 0.15) is 10.3 Å². The second-order valence-corrected chi connectivity index (χ2v) is 6.24. The van der Waals surface area contributed by atoms with Gasteiger partial charge in [-0.3, -0.25) is 9.59 Å². The van der Waals surface area contributed by atoms with Crippen molar-refractivity contribution in [2.45, 2.75) is 0 Å². The number of carbonyl (C=O) groups is 2. The van der Waals surface area contributed by atoms with E-state index < -0.39 is 11.6 Å². The van der Waals surface area contributed by atoms with Crippen molar-refractivity contribution in [1.29, 1.82) is 0 Å². The summed E-state index contributed by atoms with van der Waals surface area (Å²) in [5.74, 6) is -0.858. The zero-order valence-corrected chi connectivity index (χ0v) is 14.9. The van der Waals surface area contributed by atoms with Gasteiger partial charge in [0.25, 0.3) is 0 Å². The molecule has 0 bridgehead atoms. The smallest absolute Gasteiger partial charge is 0.197 e. The largest absolute Gasteiger partial charge is 0.288 e. The molecule has 6 heteroatoms. The number of nitrogens with zero attached hydrogens (tertiary/aromatic N) is 1. The number of benzene rings is 2. The van der Waals surface area contributed by atoms with Crippen molar-refractivity contribution < 1.29 is 9.59 Å². The van der Waals surface area contributed by atoms with E-state index in [2.05, 4.69) is 4.98 Å². The lowest BCUT2D eigenvalue weighted by Crippen LogP contribution is -2.11. The maximum Gasteiger partial charge on any atom is 0.197 e. The van der Waals surface area contributed by atoms with Crippen LogP contribution in [-0.4, -0.2) is 16.6 Å². The molecule has 3 rings (SSSR count). The molecule has 0 saturated heterocycles. The maximum atomic E-state index is 12.7. The van der Waals surface area contributed by atoms with Crippen LogP contribution >= 0.6 is 34.8 Å². The minimum absolute atomic E-state index is 0.0433. The molecule has 25 heavy (non-hydrogen) atoms. The van der Waals surface area contributed by atoms with Gasteiger partial charge in [0.15, 0.2) is 11.6 Å². The molecule has 3 aromatic rings. The number of ketones is 2. The Morgan fingerprint density at radius 1 is 0.640 bits per heavy atom. The third-order valence-corrected chi connectivity index (χ3v) is 4.50. The predicted octanol–water partition coefficient (Wildman–Crippen LogP) is 5.50. The fourth-order valence-corrected chi connectivity index (χ4v) is 3.38. The number of pyridine rings is 1. The lowest BCUT2D eigenvalue weighted by atomic mass is 9.99. The van der Waals surface area contributed by atoms with Gasteiger partial charge in [0, 0.05) is 11.1 Å². The van der Waals surface area contributed by atoms with Crippen LogP contribution in [0.1, 0.15) is 31.8 Å². The van der Waals surface area contributed by atoms with Crippen molar-refractivity contribution in [3.63, 3.8) is 0 Å². The highest BCUT2D eigenvalue weighted by Crippen LogP contribution is 2.34. The maximum absolute atomic E-state index is 12.7. The number of rotatable bonds is 4. The first-order chi connectivity index (χ1) is 12.0. The van der Waals surface area contributed by atoms with Gasteiger partial charge in [-0.15, -0.1) is 0 Å². The Labute approximate surface area is 159 Å². The number of carbonyl (C=O) groups excluding carboxylic acids is 2. The second kappa shape index (κ2) is 7.36. The highest BCUT2D eigenvalue weighted by molar-refractivity contribution is 6.45. The highest BCUT2D eigenvalue weighted by atomic mass is 35.5. The normalized spacial score (nSPS) is 10.5. The van der Waals surface area contributed by atoms with Gasteiger partial charge in [-0.25, -0.2) is 4.98 Å². The Balaban J connectivity index is 2.16. The van der Waals surface area contributed by atoms with E-state index in [1.165, 1.54) is 0 Å². The molecular formula is C19H10Cl3NO2. The van der Waals surface area contributed by atoms with Crippen LogP contribution in [0.3, 0.4) is 0 Å². The quantitative estimate of drug-likeness (QED) is 0.436. The molecule has 0 atom stereocenters. The van der Waals surface area contributed by atoms with Crippen molar-refractivity contribution in [2.75, 3.05) is 0 Å². The molecule has 0 unspecified atom stereocenters. The summed E-state index contributed by atoms with van der Waals surface area (Å²) in [6, 6.07) is 16.9. The van der Waals surface area contributed by atoms with E-state index in [1.54, 1.807) is 60.7 Å². The van der Waals surface area contributed by atoms with Crippen LogP contribution in [-0.2, 0) is 0 Å². The van der Waals surface area contributed by atoms with Crippen molar-refractivity contribution in [2.24, 2.45) is 0 Å². The molecule has 0 amide bonds. The van der Waals surface area contributed by atoms with Gasteiger partial charge < -0.3 is 0 Å². The lowest BCUT2D eigenvalue weighted by Gasteiger charge is -2.12. The summed E-state index contributed by atoms with van der Waals surface area (Å²) in [7, 11) is 0. The standard InChI is InChI=1S/C19H10Cl3NO2/c20-15-13(16(24)11-7-3-1-4-8-11)18(21)23-19(22)14(15)17(25)12-9-5-2-6-10-12/h1-10H. The molecule has 0 aliphatic rings. The zero-order valence-electron chi connectivity index (χ0n) is 12.7. The first kappa shape index (κ1) is 17.6. The molecule has 0 aliphatic heterocycles. The van der Waals surface area contributed by atoms with Gasteiger partial charge in [-0.1, -0.05) is 95.5 Å². The van der Waals surface area contributed by atoms with Crippen molar-refractivity contribution >= 4 is 46.4 Å². The molecule has 0 N–H and O–H groups in total. The molecule has 124 valence electrons. The lowest BCUT2D eigenvalue weighted by molar-refractivity contribution is 0.103. The van der Waals surface area contributed by atoms with E-state index in [1.807, 2.05) is 0 Å². The van der Waals surface area contributed by atoms with E-state index >= 15 is 0 Å². The summed E-state index contributed by atoms with van der Waals surface area (Å²) in [5, 5.41) is -0.394. The summed E-state index contributed by atoms with van der Waals surface area (Å²) in [5.41, 5.74) is 0.679. The zero-order chi connectivity index (χ0) is 18.0. The van der Waals surface area contributed by atoms with Crippen molar-refractivity contribution in [1.82, 2.24) is 4.98 Å². The number of aromatic nitrogens is 1. The van der Waals surface area contributed by atoms with Gasteiger partial charge in [-0.2, -0.15) is 0 Å². The molecule has 0 spiro atoms. The van der Waals surface area contributed by atoms with Crippen LogP contribution in [0, 0.1) is 0 Å². The van der Waals surface area contributed by atoms with Gasteiger partial charge in [0.2, 0.25) is 0 Å². The SMILES string of the molecule is O=C(c1ccccc1)c1c(Cl)nc(Cl)c(C(=O)c2ccccc2)c1Cl. The minimum atomic E-state index is -0.429. The molecule has 0 radical (unpaired) electrons. The van der Waals surface area contributed by atoms with E-state index in [0.717, 1.165) is 0 Å². The van der Waals surface area contributed by atoms with E-state index in [-0.39, 0.29) is 26.5 Å². The van der Waals surface area contributed by atoms with Crippen LogP contribution in [0.25, 0.3) is 0 Å². The van der Waals surface area contributed by atoms with Crippen molar-refractivity contribution in [3.8, 4) is 0 Å². The van der Waals surface area contributed by atoms with Crippen LogP contribution < -0.4 is 0 Å². The van der Waals surface area contributed by atoms with E-state index in [9.17, 15) is 9.59 Å². The third-order valence-electron chi connectivity index (χ3n) is 3.57. The average Bonchev–Trinajstić information content (AvgIpc) is 2.62. The molecule has 3 nitrogen and oxygen atoms in total. The summed E-state index contributed by atoms with van der Waals surface area (Å²) in [6.07, 6.45) is 0. The monoisotopic (exact) mass is 389 g/mol. The first-order valence-corrected chi connectivity index (χ1v) is 8.38. The molecule has 0 fully saturated rings. The first-order valence-electron chi connectivity index (χ1n) is 7.24. The topological polar surface area (TPSA) is 47.0 Å². The summed E-state index contributed by atoms with van der Waals surface area (Å²) >= 11 is 18.5. The minimum Gasteiger partial charge on any atom is -0.288 e.